The van der Waals surface area contributed by atoms with Crippen molar-refractivity contribution in [2.75, 3.05) is 23.0 Å². The van der Waals surface area contributed by atoms with E-state index in [-0.39, 0.29) is 24.3 Å². The molecule has 3 aromatic carbocycles. The van der Waals surface area contributed by atoms with Gasteiger partial charge in [0.05, 0.1) is 36.6 Å². The van der Waals surface area contributed by atoms with Crippen molar-refractivity contribution in [2.45, 2.75) is 94.8 Å². The van der Waals surface area contributed by atoms with Crippen LogP contribution in [0.4, 0.5) is 15.5 Å². The summed E-state index contributed by atoms with van der Waals surface area (Å²) in [5, 5.41) is 18.9. The molecule has 0 radical (unpaired) electrons. The van der Waals surface area contributed by atoms with Crippen LogP contribution in [-0.2, 0) is 33.0 Å². The quantitative estimate of drug-likeness (QED) is 0.130. The van der Waals surface area contributed by atoms with E-state index >= 15 is 4.11 Å². The highest BCUT2D eigenvalue weighted by atomic mass is 79.9. The van der Waals surface area contributed by atoms with Gasteiger partial charge in [-0.1, -0.05) is 83.4 Å². The van der Waals surface area contributed by atoms with E-state index in [9.17, 15) is 14.7 Å². The van der Waals surface area contributed by atoms with Gasteiger partial charge in [0.2, 0.25) is 14.3 Å². The summed E-state index contributed by atoms with van der Waals surface area (Å²) in [6.45, 7) is 6.68. The largest absolute Gasteiger partial charge is 0.395 e. The summed E-state index contributed by atoms with van der Waals surface area (Å²) in [6.07, 6.45) is 6.34. The number of aryl methyl sites for hydroxylation is 1. The molecular formula is C40H47BrFN5O4Si. The van der Waals surface area contributed by atoms with Crippen LogP contribution in [0, 0.1) is 5.92 Å². The van der Waals surface area contributed by atoms with Crippen molar-refractivity contribution in [3.8, 4) is 0 Å². The highest BCUT2D eigenvalue weighted by Crippen LogP contribution is 2.60. The Morgan fingerprint density at radius 3 is 2.60 bits per heavy atom. The molecule has 0 bridgehead atoms. The van der Waals surface area contributed by atoms with E-state index in [2.05, 4.69) is 26.2 Å². The Kier molecular flexibility index (Phi) is 10.5. The highest BCUT2D eigenvalue weighted by Gasteiger charge is 2.66. The number of aliphatic hydroxyl groups is 1. The second-order valence-corrected chi connectivity index (χ2v) is 19.8. The van der Waals surface area contributed by atoms with E-state index in [1.54, 1.807) is 22.7 Å². The minimum absolute atomic E-state index is 0.105. The van der Waals surface area contributed by atoms with Crippen LogP contribution in [0.5, 0.6) is 0 Å². The number of benzene rings is 3. The first-order chi connectivity index (χ1) is 25.0. The topological polar surface area (TPSA) is 101 Å². The van der Waals surface area contributed by atoms with Gasteiger partial charge in [-0.05, 0) is 73.8 Å². The molecule has 3 aliphatic rings. The van der Waals surface area contributed by atoms with Gasteiger partial charge in [0.1, 0.15) is 0 Å². The normalized spacial score (nSPS) is 24.3. The minimum Gasteiger partial charge on any atom is -0.395 e. The second-order valence-electron chi connectivity index (χ2n) is 15.0. The molecule has 9 nitrogen and oxygen atoms in total. The molecular weight excluding hydrogens is 741 g/mol. The minimum atomic E-state index is -3.37. The van der Waals surface area contributed by atoms with Crippen LogP contribution in [0.25, 0.3) is 0 Å². The number of fused-ring (bicyclic) bond motifs is 2. The van der Waals surface area contributed by atoms with E-state index in [1.165, 1.54) is 0 Å². The Bertz CT molecular complexity index is 1920. The Labute approximate surface area is 314 Å². The van der Waals surface area contributed by atoms with Crippen molar-refractivity contribution in [3.05, 3.63) is 106 Å². The van der Waals surface area contributed by atoms with Gasteiger partial charge in [0.25, 0.3) is 5.91 Å². The molecule has 2 amide bonds. The third kappa shape index (κ3) is 6.90. The molecule has 5 atom stereocenters. The number of hydrogen-bond donors (Lipinski definition) is 1. The Balaban J connectivity index is 1.16. The number of aromatic nitrogens is 3. The molecule has 2 fully saturated rings. The molecule has 1 unspecified atom stereocenters. The number of anilines is 2. The lowest BCUT2D eigenvalue weighted by Crippen LogP contribution is -2.45. The van der Waals surface area contributed by atoms with Crippen LogP contribution in [0.15, 0.2) is 83.5 Å². The maximum atomic E-state index is 16.5. The van der Waals surface area contributed by atoms with Crippen LogP contribution < -0.4 is 9.80 Å². The zero-order valence-electron chi connectivity index (χ0n) is 30.0. The molecule has 7 rings (SSSR count). The summed E-state index contributed by atoms with van der Waals surface area (Å²) in [5.41, 5.74) is 3.05. The summed E-state index contributed by atoms with van der Waals surface area (Å²) >= 11 is 3.64. The third-order valence-electron chi connectivity index (χ3n) is 11.2. The van der Waals surface area contributed by atoms with E-state index in [0.29, 0.717) is 38.2 Å². The fraction of sp³-hybridized carbons (Fsp3) is 0.450. The summed E-state index contributed by atoms with van der Waals surface area (Å²) in [4.78, 5) is 31.7. The molecule has 274 valence electrons. The van der Waals surface area contributed by atoms with Crippen molar-refractivity contribution in [3.63, 3.8) is 0 Å². The zero-order valence-corrected chi connectivity index (χ0v) is 32.6. The van der Waals surface area contributed by atoms with Gasteiger partial charge in [0, 0.05) is 52.9 Å². The van der Waals surface area contributed by atoms with Crippen LogP contribution in [-0.4, -0.2) is 59.6 Å². The standard InChI is InChI=1S/C40H47BrFN5O4Si/c1-27-38(52(2,3)42)36(19-21-45-25-34(43-44-45)32(26-48)29-13-7-6-8-14-29)51-40(27)33-23-30(41)17-18-35(33)47(39(40)50)24-28-12-11-15-31(22-28)46-20-10-5-4-9-16-37(46)49/h6-8,11-15,17-18,22-23,25,27,32,36,38,48H,4-5,9-10,16,19-21,24,26H2,1-3H3/t27-,32?,36+,38-,40+/m1/s1. The number of hydrogen-bond acceptors (Lipinski definition) is 6. The van der Waals surface area contributed by atoms with Gasteiger partial charge in [-0.2, -0.15) is 0 Å². The number of aliphatic hydroxyl groups excluding tert-OH is 1. The molecule has 52 heavy (non-hydrogen) atoms. The van der Waals surface area contributed by atoms with Gasteiger partial charge < -0.3 is 23.8 Å². The Morgan fingerprint density at radius 1 is 1.04 bits per heavy atom. The maximum Gasteiger partial charge on any atom is 0.264 e. The van der Waals surface area contributed by atoms with Gasteiger partial charge in [0.15, 0.2) is 5.60 Å². The first kappa shape index (κ1) is 36.6. The second kappa shape index (κ2) is 15.0. The molecule has 4 aromatic rings. The van der Waals surface area contributed by atoms with Gasteiger partial charge in [-0.25, -0.2) is 0 Å². The summed E-state index contributed by atoms with van der Waals surface area (Å²) in [6, 6.07) is 23.4. The van der Waals surface area contributed by atoms with E-state index in [4.69, 9.17) is 4.74 Å². The van der Waals surface area contributed by atoms with Crippen molar-refractivity contribution >= 4 is 47.5 Å². The van der Waals surface area contributed by atoms with Crippen LogP contribution in [0.3, 0.4) is 0 Å². The number of rotatable bonds is 10. The fourth-order valence-corrected chi connectivity index (χ4v) is 11.7. The van der Waals surface area contributed by atoms with Crippen LogP contribution in [0.1, 0.15) is 73.8 Å². The lowest BCUT2D eigenvalue weighted by molar-refractivity contribution is -0.146. The number of carbonyl (C=O) groups excluding carboxylic acids is 2. The van der Waals surface area contributed by atoms with Crippen molar-refractivity contribution < 1.29 is 23.5 Å². The molecule has 0 aliphatic carbocycles. The Hall–Kier alpha value is -3.71. The molecule has 1 spiro atoms. The van der Waals surface area contributed by atoms with Crippen LogP contribution in [0.2, 0.25) is 18.6 Å². The summed E-state index contributed by atoms with van der Waals surface area (Å²) < 4.78 is 26.0. The zero-order chi connectivity index (χ0) is 36.6. The number of halogens is 2. The van der Waals surface area contributed by atoms with E-state index in [0.717, 1.165) is 58.2 Å². The van der Waals surface area contributed by atoms with Gasteiger partial charge in [-0.15, -0.1) is 5.10 Å². The predicted molar refractivity (Wildman–Crippen MR) is 205 cm³/mol. The van der Waals surface area contributed by atoms with E-state index in [1.807, 2.05) is 90.8 Å². The molecule has 3 aliphatic heterocycles. The van der Waals surface area contributed by atoms with Gasteiger partial charge in [-0.3, -0.25) is 14.3 Å². The number of carbonyl (C=O) groups is 2. The average molecular weight is 789 g/mol. The predicted octanol–water partition coefficient (Wildman–Crippen LogP) is 7.87. The highest BCUT2D eigenvalue weighted by molar-refractivity contribution is 9.10. The Morgan fingerprint density at radius 2 is 1.83 bits per heavy atom. The van der Waals surface area contributed by atoms with Crippen LogP contribution >= 0.6 is 15.9 Å². The lowest BCUT2D eigenvalue weighted by Gasteiger charge is -2.31. The van der Waals surface area contributed by atoms with Crippen molar-refractivity contribution in [2.24, 2.45) is 5.92 Å². The smallest absolute Gasteiger partial charge is 0.264 e. The van der Waals surface area contributed by atoms with Crippen molar-refractivity contribution in [1.82, 2.24) is 15.0 Å². The molecule has 2 saturated heterocycles. The van der Waals surface area contributed by atoms with Crippen molar-refractivity contribution in [1.29, 1.82) is 0 Å². The average Bonchev–Trinajstić information content (AvgIpc) is 3.77. The number of ether oxygens (including phenoxy) is 1. The SMILES string of the molecule is C[C@@H]1[C@@H]([Si](C)(C)F)[C@H](CCn2cc(C(CO)c3ccccc3)nn2)O[C@@]12C(=O)N(Cc1cccc(N3CCCCCCC3=O)c1)c1ccc(Br)cc12. The monoisotopic (exact) mass is 787 g/mol. The summed E-state index contributed by atoms with van der Waals surface area (Å²) in [5.74, 6) is -0.790. The van der Waals surface area contributed by atoms with E-state index < -0.39 is 31.6 Å². The number of amides is 2. The maximum absolute atomic E-state index is 16.5. The first-order valence-corrected chi connectivity index (χ1v) is 22.2. The molecule has 1 aromatic heterocycles. The lowest BCUT2D eigenvalue weighted by atomic mass is 9.82. The molecule has 1 N–H and O–H groups in total. The fourth-order valence-electron chi connectivity index (χ4n) is 8.78. The summed E-state index contributed by atoms with van der Waals surface area (Å²) in [7, 11) is -3.37. The molecule has 0 saturated carbocycles. The molecule has 4 heterocycles. The number of nitrogens with zero attached hydrogens (tertiary/aromatic N) is 5. The molecule has 12 heteroatoms. The third-order valence-corrected chi connectivity index (χ3v) is 14.2. The first-order valence-electron chi connectivity index (χ1n) is 18.4. The van der Waals surface area contributed by atoms with Gasteiger partial charge >= 0.3 is 0 Å².